The molecule has 6 heteroatoms. The number of aromatic hydroxyl groups is 1. The monoisotopic (exact) mass is 334 g/mol. The molecule has 0 aliphatic heterocycles. The van der Waals surface area contributed by atoms with E-state index < -0.39 is 10.7 Å². The van der Waals surface area contributed by atoms with Gasteiger partial charge in [-0.3, -0.25) is 15.1 Å². The Balaban J connectivity index is 2.41. The Labute approximate surface area is 123 Å². The van der Waals surface area contributed by atoms with Gasteiger partial charge in [-0.05, 0) is 30.7 Å². The molecule has 0 fully saturated rings. The van der Waals surface area contributed by atoms with Gasteiger partial charge in [0.2, 0.25) is 5.75 Å². The molecule has 0 spiro atoms. The quantitative estimate of drug-likeness (QED) is 0.521. The van der Waals surface area contributed by atoms with Crippen molar-refractivity contribution < 1.29 is 10.0 Å². The van der Waals surface area contributed by atoms with Crippen molar-refractivity contribution in [1.29, 1.82) is 0 Å². The third-order valence-corrected chi connectivity index (χ3v) is 3.09. The van der Waals surface area contributed by atoms with Gasteiger partial charge in [0.25, 0.3) is 0 Å². The minimum atomic E-state index is -0.635. The van der Waals surface area contributed by atoms with Gasteiger partial charge in [0, 0.05) is 22.3 Å². The van der Waals surface area contributed by atoms with Crippen molar-refractivity contribution in [3.63, 3.8) is 0 Å². The Morgan fingerprint density at radius 1 is 1.35 bits per heavy atom. The molecule has 102 valence electrons. The lowest BCUT2D eigenvalue weighted by atomic mass is 10.2. The Morgan fingerprint density at radius 3 is 2.75 bits per heavy atom. The van der Waals surface area contributed by atoms with Crippen LogP contribution in [0.15, 0.2) is 45.9 Å². The van der Waals surface area contributed by atoms with E-state index in [1.54, 1.807) is 6.07 Å². The number of phenolic OH excluding ortho intramolecular Hbond substituents is 1. The Morgan fingerprint density at radius 2 is 2.10 bits per heavy atom. The Kier molecular flexibility index (Phi) is 4.14. The molecule has 0 saturated heterocycles. The first kappa shape index (κ1) is 14.2. The molecule has 0 aliphatic carbocycles. The molecule has 0 bridgehead atoms. The number of hydrogen-bond acceptors (Lipinski definition) is 4. The second-order valence-electron chi connectivity index (χ2n) is 4.22. The molecule has 0 saturated carbocycles. The normalized spacial score (nSPS) is 10.9. The van der Waals surface area contributed by atoms with E-state index >= 15 is 0 Å². The summed E-state index contributed by atoms with van der Waals surface area (Å²) in [6, 6.07) is 10.3. The minimum Gasteiger partial charge on any atom is -0.502 e. The topological polar surface area (TPSA) is 75.7 Å². The molecule has 0 aliphatic rings. The molecule has 0 radical (unpaired) electrons. The van der Waals surface area contributed by atoms with Gasteiger partial charge in [-0.2, -0.15) is 0 Å². The second kappa shape index (κ2) is 5.83. The number of phenols is 1. The molecular formula is C14H11BrN2O3. The van der Waals surface area contributed by atoms with Gasteiger partial charge in [0.05, 0.1) is 10.6 Å². The SMILES string of the molecule is Cc1cccc(/N=C/c2cc(Br)cc([N+](=O)[O-])c2O)c1. The summed E-state index contributed by atoms with van der Waals surface area (Å²) in [6.07, 6.45) is 1.40. The predicted molar refractivity (Wildman–Crippen MR) is 80.9 cm³/mol. The van der Waals surface area contributed by atoms with Crippen LogP contribution in [0.4, 0.5) is 11.4 Å². The summed E-state index contributed by atoms with van der Waals surface area (Å²) in [4.78, 5) is 14.4. The molecule has 2 aromatic rings. The average Bonchev–Trinajstić information content (AvgIpc) is 2.39. The highest BCUT2D eigenvalue weighted by Crippen LogP contribution is 2.32. The van der Waals surface area contributed by atoms with E-state index in [0.29, 0.717) is 10.2 Å². The number of rotatable bonds is 3. The number of benzene rings is 2. The van der Waals surface area contributed by atoms with E-state index in [-0.39, 0.29) is 11.3 Å². The number of nitro benzene ring substituents is 1. The summed E-state index contributed by atoms with van der Waals surface area (Å²) in [7, 11) is 0. The molecule has 2 aromatic carbocycles. The van der Waals surface area contributed by atoms with Gasteiger partial charge < -0.3 is 5.11 Å². The van der Waals surface area contributed by atoms with Crippen molar-refractivity contribution in [2.75, 3.05) is 0 Å². The maximum absolute atomic E-state index is 10.8. The molecule has 20 heavy (non-hydrogen) atoms. The zero-order valence-electron chi connectivity index (χ0n) is 10.6. The Hall–Kier alpha value is -2.21. The number of nitrogens with zero attached hydrogens (tertiary/aromatic N) is 2. The van der Waals surface area contributed by atoms with E-state index in [0.717, 1.165) is 5.56 Å². The van der Waals surface area contributed by atoms with E-state index in [1.807, 2.05) is 31.2 Å². The number of hydrogen-bond donors (Lipinski definition) is 1. The first-order chi connectivity index (χ1) is 9.47. The summed E-state index contributed by atoms with van der Waals surface area (Å²) in [6.45, 7) is 1.94. The van der Waals surface area contributed by atoms with Crippen molar-refractivity contribution in [2.24, 2.45) is 4.99 Å². The van der Waals surface area contributed by atoms with Crippen molar-refractivity contribution in [3.8, 4) is 5.75 Å². The average molecular weight is 335 g/mol. The van der Waals surface area contributed by atoms with Crippen LogP contribution in [0.25, 0.3) is 0 Å². The molecule has 0 unspecified atom stereocenters. The van der Waals surface area contributed by atoms with Gasteiger partial charge in [0.15, 0.2) is 0 Å². The molecule has 0 atom stereocenters. The second-order valence-corrected chi connectivity index (χ2v) is 5.13. The third-order valence-electron chi connectivity index (χ3n) is 2.64. The maximum Gasteiger partial charge on any atom is 0.312 e. The fourth-order valence-electron chi connectivity index (χ4n) is 1.70. The van der Waals surface area contributed by atoms with Gasteiger partial charge >= 0.3 is 5.69 Å². The van der Waals surface area contributed by atoms with Crippen LogP contribution >= 0.6 is 15.9 Å². The van der Waals surface area contributed by atoms with Gasteiger partial charge in [-0.15, -0.1) is 0 Å². The molecular weight excluding hydrogens is 324 g/mol. The smallest absolute Gasteiger partial charge is 0.312 e. The summed E-state index contributed by atoms with van der Waals surface area (Å²) in [5, 5.41) is 20.7. The first-order valence-corrected chi connectivity index (χ1v) is 6.54. The summed E-state index contributed by atoms with van der Waals surface area (Å²) >= 11 is 3.18. The number of aryl methyl sites for hydroxylation is 1. The van der Waals surface area contributed by atoms with Crippen LogP contribution in [0.3, 0.4) is 0 Å². The zero-order chi connectivity index (χ0) is 14.7. The van der Waals surface area contributed by atoms with Gasteiger partial charge in [0.1, 0.15) is 0 Å². The Bertz CT molecular complexity index is 699. The van der Waals surface area contributed by atoms with Crippen LogP contribution in [0.2, 0.25) is 0 Å². The van der Waals surface area contributed by atoms with E-state index in [4.69, 9.17) is 0 Å². The fraction of sp³-hybridized carbons (Fsp3) is 0.0714. The third kappa shape index (κ3) is 3.21. The lowest BCUT2D eigenvalue weighted by molar-refractivity contribution is -0.385. The predicted octanol–water partition coefficient (Wildman–Crippen LogP) is 4.12. The molecule has 5 nitrogen and oxygen atoms in total. The summed E-state index contributed by atoms with van der Waals surface area (Å²) in [5.41, 5.74) is 1.70. The number of halogens is 1. The van der Waals surface area contributed by atoms with Crippen LogP contribution in [-0.4, -0.2) is 16.2 Å². The van der Waals surface area contributed by atoms with Crippen LogP contribution in [0.5, 0.6) is 5.75 Å². The number of aliphatic imine (C=N–C) groups is 1. The van der Waals surface area contributed by atoms with E-state index in [1.165, 1.54) is 12.3 Å². The highest BCUT2D eigenvalue weighted by Gasteiger charge is 2.17. The number of nitro groups is 1. The highest BCUT2D eigenvalue weighted by molar-refractivity contribution is 9.10. The fourth-order valence-corrected chi connectivity index (χ4v) is 2.16. The molecule has 2 rings (SSSR count). The van der Waals surface area contributed by atoms with Crippen LogP contribution in [0, 0.1) is 17.0 Å². The van der Waals surface area contributed by atoms with Crippen molar-refractivity contribution in [2.45, 2.75) is 6.92 Å². The highest BCUT2D eigenvalue weighted by atomic mass is 79.9. The lowest BCUT2D eigenvalue weighted by Gasteiger charge is -2.02. The summed E-state index contributed by atoms with van der Waals surface area (Å²) < 4.78 is 0.507. The van der Waals surface area contributed by atoms with Crippen LogP contribution in [-0.2, 0) is 0 Å². The lowest BCUT2D eigenvalue weighted by Crippen LogP contribution is -1.92. The van der Waals surface area contributed by atoms with Crippen molar-refractivity contribution in [1.82, 2.24) is 0 Å². The molecule has 0 heterocycles. The maximum atomic E-state index is 10.8. The van der Waals surface area contributed by atoms with Crippen LogP contribution < -0.4 is 0 Å². The van der Waals surface area contributed by atoms with E-state index in [9.17, 15) is 15.2 Å². The largest absolute Gasteiger partial charge is 0.502 e. The first-order valence-electron chi connectivity index (χ1n) is 5.75. The summed E-state index contributed by atoms with van der Waals surface area (Å²) in [5.74, 6) is -0.394. The van der Waals surface area contributed by atoms with Crippen molar-refractivity contribution >= 4 is 33.5 Å². The molecule has 1 N–H and O–H groups in total. The van der Waals surface area contributed by atoms with E-state index in [2.05, 4.69) is 20.9 Å². The minimum absolute atomic E-state index is 0.285. The van der Waals surface area contributed by atoms with Gasteiger partial charge in [-0.1, -0.05) is 28.1 Å². The van der Waals surface area contributed by atoms with Crippen molar-refractivity contribution in [3.05, 3.63) is 62.1 Å². The van der Waals surface area contributed by atoms with Crippen LogP contribution in [0.1, 0.15) is 11.1 Å². The molecule has 0 aromatic heterocycles. The zero-order valence-corrected chi connectivity index (χ0v) is 12.2. The van der Waals surface area contributed by atoms with Gasteiger partial charge in [-0.25, -0.2) is 0 Å². The molecule has 0 amide bonds. The standard InChI is InChI=1S/C14H11BrN2O3/c1-9-3-2-4-12(5-9)16-8-10-6-11(15)7-13(14(10)18)17(19)20/h2-8,18H,1H3/b16-8+.